The first-order valence-corrected chi connectivity index (χ1v) is 5.06. The lowest BCUT2D eigenvalue weighted by Crippen LogP contribution is -1.84. The van der Waals surface area contributed by atoms with E-state index in [4.69, 9.17) is 11.6 Å². The Bertz CT molecular complexity index is 468. The highest BCUT2D eigenvalue weighted by molar-refractivity contribution is 9.10. The summed E-state index contributed by atoms with van der Waals surface area (Å²) in [6, 6.07) is 5.83. The highest BCUT2D eigenvalue weighted by Crippen LogP contribution is 2.31. The number of pyridine rings is 1. The first kappa shape index (κ1) is 8.97. The minimum absolute atomic E-state index is 0.705. The van der Waals surface area contributed by atoms with Crippen LogP contribution in [0.3, 0.4) is 0 Å². The number of aromatic nitrogens is 1. The fourth-order valence-electron chi connectivity index (χ4n) is 1.31. The highest BCUT2D eigenvalue weighted by atomic mass is 79.9. The van der Waals surface area contributed by atoms with Crippen molar-refractivity contribution in [1.82, 2.24) is 4.98 Å². The Morgan fingerprint density at radius 1 is 1.46 bits per heavy atom. The average Bonchev–Trinajstić information content (AvgIpc) is 2.15. The van der Waals surface area contributed by atoms with E-state index in [1.54, 1.807) is 6.20 Å². The minimum atomic E-state index is 0.705. The molecule has 1 nitrogen and oxygen atoms in total. The Kier molecular flexibility index (Phi) is 2.26. The van der Waals surface area contributed by atoms with Crippen molar-refractivity contribution in [3.05, 3.63) is 39.5 Å². The van der Waals surface area contributed by atoms with Gasteiger partial charge in [-0.25, -0.2) is 0 Å². The molecule has 1 aromatic carbocycles. The van der Waals surface area contributed by atoms with E-state index in [2.05, 4.69) is 20.9 Å². The second-order valence-corrected chi connectivity index (χ2v) is 4.09. The molecule has 2 aromatic rings. The molecule has 2 rings (SSSR count). The van der Waals surface area contributed by atoms with Crippen LogP contribution in [0.2, 0.25) is 5.02 Å². The SMILES string of the molecule is Cc1cc(Cl)c2ncccc2c1Br. The summed E-state index contributed by atoms with van der Waals surface area (Å²) in [4.78, 5) is 4.22. The van der Waals surface area contributed by atoms with Crippen molar-refractivity contribution in [1.29, 1.82) is 0 Å². The van der Waals surface area contributed by atoms with Crippen molar-refractivity contribution < 1.29 is 0 Å². The summed E-state index contributed by atoms with van der Waals surface area (Å²) in [5, 5.41) is 1.77. The fraction of sp³-hybridized carbons (Fsp3) is 0.100. The molecule has 0 atom stereocenters. The van der Waals surface area contributed by atoms with Crippen LogP contribution in [0.5, 0.6) is 0 Å². The molecule has 0 aliphatic rings. The molecule has 0 spiro atoms. The van der Waals surface area contributed by atoms with Gasteiger partial charge in [-0.1, -0.05) is 17.7 Å². The van der Waals surface area contributed by atoms with E-state index in [1.165, 1.54) is 0 Å². The number of rotatable bonds is 0. The smallest absolute Gasteiger partial charge is 0.0899 e. The number of nitrogens with zero attached hydrogens (tertiary/aromatic N) is 1. The average molecular weight is 257 g/mol. The monoisotopic (exact) mass is 255 g/mol. The first-order chi connectivity index (χ1) is 6.20. The molecule has 0 fully saturated rings. The van der Waals surface area contributed by atoms with Gasteiger partial charge in [0, 0.05) is 16.1 Å². The summed E-state index contributed by atoms with van der Waals surface area (Å²) in [6.07, 6.45) is 1.75. The van der Waals surface area contributed by atoms with Gasteiger partial charge in [0.2, 0.25) is 0 Å². The van der Waals surface area contributed by atoms with E-state index in [0.29, 0.717) is 5.02 Å². The molecule has 66 valence electrons. The van der Waals surface area contributed by atoms with Crippen LogP contribution in [-0.2, 0) is 0 Å². The zero-order valence-corrected chi connectivity index (χ0v) is 9.35. The standard InChI is InChI=1S/C10H7BrClN/c1-6-5-8(12)10-7(9(6)11)3-2-4-13-10/h2-5H,1H3. The van der Waals surface area contributed by atoms with Gasteiger partial charge in [-0.15, -0.1) is 0 Å². The van der Waals surface area contributed by atoms with Crippen LogP contribution in [0.4, 0.5) is 0 Å². The van der Waals surface area contributed by atoms with Crippen LogP contribution >= 0.6 is 27.5 Å². The molecule has 0 unspecified atom stereocenters. The summed E-state index contributed by atoms with van der Waals surface area (Å²) < 4.78 is 1.07. The molecule has 0 N–H and O–H groups in total. The highest BCUT2D eigenvalue weighted by Gasteiger charge is 2.05. The van der Waals surface area contributed by atoms with Crippen molar-refractivity contribution in [3.8, 4) is 0 Å². The van der Waals surface area contributed by atoms with Crippen molar-refractivity contribution in [2.75, 3.05) is 0 Å². The lowest BCUT2D eigenvalue weighted by molar-refractivity contribution is 1.38. The van der Waals surface area contributed by atoms with Crippen LogP contribution < -0.4 is 0 Å². The van der Waals surface area contributed by atoms with E-state index in [9.17, 15) is 0 Å². The Morgan fingerprint density at radius 2 is 2.23 bits per heavy atom. The normalized spacial score (nSPS) is 10.7. The molecule has 0 amide bonds. The summed E-state index contributed by atoms with van der Waals surface area (Å²) in [6.45, 7) is 2.02. The van der Waals surface area contributed by atoms with Crippen LogP contribution in [0.25, 0.3) is 10.9 Å². The molecule has 0 bridgehead atoms. The van der Waals surface area contributed by atoms with Crippen molar-refractivity contribution in [2.24, 2.45) is 0 Å². The summed E-state index contributed by atoms with van der Waals surface area (Å²) in [5.74, 6) is 0. The molecule has 1 aromatic heterocycles. The number of fused-ring (bicyclic) bond motifs is 1. The third kappa shape index (κ3) is 1.45. The molecule has 3 heteroatoms. The molecular weight excluding hydrogens is 249 g/mol. The van der Waals surface area contributed by atoms with Crippen LogP contribution in [0, 0.1) is 6.92 Å². The Morgan fingerprint density at radius 3 is 3.00 bits per heavy atom. The molecule has 0 aliphatic heterocycles. The van der Waals surface area contributed by atoms with Gasteiger partial charge in [-0.2, -0.15) is 0 Å². The van der Waals surface area contributed by atoms with Gasteiger partial charge in [-0.05, 0) is 40.5 Å². The molecule has 0 radical (unpaired) electrons. The quantitative estimate of drug-likeness (QED) is 0.695. The number of benzene rings is 1. The predicted octanol–water partition coefficient (Wildman–Crippen LogP) is 3.96. The maximum absolute atomic E-state index is 6.05. The van der Waals surface area contributed by atoms with Gasteiger partial charge >= 0.3 is 0 Å². The van der Waals surface area contributed by atoms with Crippen LogP contribution in [0.1, 0.15) is 5.56 Å². The second kappa shape index (κ2) is 3.28. The molecular formula is C10H7BrClN. The number of hydrogen-bond donors (Lipinski definition) is 0. The topological polar surface area (TPSA) is 12.9 Å². The van der Waals surface area contributed by atoms with E-state index < -0.39 is 0 Å². The maximum atomic E-state index is 6.05. The fourth-order valence-corrected chi connectivity index (χ4v) is 2.06. The zero-order valence-electron chi connectivity index (χ0n) is 7.01. The van der Waals surface area contributed by atoms with Crippen molar-refractivity contribution in [2.45, 2.75) is 6.92 Å². The van der Waals surface area contributed by atoms with Gasteiger partial charge in [0.25, 0.3) is 0 Å². The van der Waals surface area contributed by atoms with Crippen molar-refractivity contribution in [3.63, 3.8) is 0 Å². The van der Waals surface area contributed by atoms with E-state index in [0.717, 1.165) is 20.9 Å². The van der Waals surface area contributed by atoms with Gasteiger partial charge in [0.1, 0.15) is 0 Å². The molecule has 0 saturated heterocycles. The molecule has 0 saturated carbocycles. The maximum Gasteiger partial charge on any atom is 0.0899 e. The molecule has 1 heterocycles. The Labute approximate surface area is 89.9 Å². The van der Waals surface area contributed by atoms with Gasteiger partial charge < -0.3 is 0 Å². The number of halogens is 2. The number of aryl methyl sites for hydroxylation is 1. The molecule has 13 heavy (non-hydrogen) atoms. The molecule has 0 aliphatic carbocycles. The van der Waals surface area contributed by atoms with E-state index in [1.807, 2.05) is 25.1 Å². The van der Waals surface area contributed by atoms with Gasteiger partial charge in [0.05, 0.1) is 10.5 Å². The van der Waals surface area contributed by atoms with Crippen molar-refractivity contribution >= 4 is 38.4 Å². The minimum Gasteiger partial charge on any atom is -0.255 e. The second-order valence-electron chi connectivity index (χ2n) is 2.89. The lowest BCUT2D eigenvalue weighted by atomic mass is 10.1. The zero-order chi connectivity index (χ0) is 9.42. The largest absolute Gasteiger partial charge is 0.255 e. The Balaban J connectivity index is 2.97. The summed E-state index contributed by atoms with van der Waals surface area (Å²) in [5.41, 5.74) is 1.98. The summed E-state index contributed by atoms with van der Waals surface area (Å²) >= 11 is 9.57. The number of hydrogen-bond acceptors (Lipinski definition) is 1. The Hall–Kier alpha value is -0.600. The van der Waals surface area contributed by atoms with Gasteiger partial charge in [0.15, 0.2) is 0 Å². The third-order valence-electron chi connectivity index (χ3n) is 1.96. The van der Waals surface area contributed by atoms with E-state index in [-0.39, 0.29) is 0 Å². The van der Waals surface area contributed by atoms with E-state index >= 15 is 0 Å². The predicted molar refractivity (Wildman–Crippen MR) is 59.2 cm³/mol. The van der Waals surface area contributed by atoms with Gasteiger partial charge in [-0.3, -0.25) is 4.98 Å². The third-order valence-corrected chi connectivity index (χ3v) is 3.30. The lowest BCUT2D eigenvalue weighted by Gasteiger charge is -2.04. The van der Waals surface area contributed by atoms with Crippen LogP contribution in [0.15, 0.2) is 28.9 Å². The van der Waals surface area contributed by atoms with Crippen LogP contribution in [-0.4, -0.2) is 4.98 Å². The first-order valence-electron chi connectivity index (χ1n) is 3.89. The summed E-state index contributed by atoms with van der Waals surface area (Å²) in [7, 11) is 0.